The first-order chi connectivity index (χ1) is 5.91. The predicted molar refractivity (Wildman–Crippen MR) is 47.6 cm³/mol. The molecule has 1 aromatic carbocycles. The van der Waals surface area contributed by atoms with Crippen molar-refractivity contribution in [2.24, 2.45) is 0 Å². The Morgan fingerprint density at radius 3 is 1.93 bits per heavy atom. The van der Waals surface area contributed by atoms with Crippen LogP contribution in [0.2, 0.25) is 0 Å². The van der Waals surface area contributed by atoms with Gasteiger partial charge in [0.1, 0.15) is 5.68 Å². The van der Waals surface area contributed by atoms with Crippen molar-refractivity contribution < 1.29 is 69.1 Å². The first-order valence-corrected chi connectivity index (χ1v) is 4.20. The second-order valence-corrected chi connectivity index (χ2v) is 3.36. The van der Waals surface area contributed by atoms with Gasteiger partial charge in [0.25, 0.3) is 0 Å². The Balaban J connectivity index is 0.00000169. The quantitative estimate of drug-likeness (QED) is 0.702. The molecule has 0 aliphatic carbocycles. The second-order valence-electron chi connectivity index (χ2n) is 2.45. The maximum Gasteiger partial charge on any atom is 1.00 e. The average molecular weight is 291 g/mol. The van der Waals surface area contributed by atoms with E-state index in [1.54, 1.807) is 0 Å². The van der Waals surface area contributed by atoms with E-state index >= 15 is 0 Å². The van der Waals surface area contributed by atoms with Crippen LogP contribution < -0.4 is 51.4 Å². The standard InChI is InChI=1S/C7H4BBrF3O.K/c9-6-3-1-5(2-4-6)7(13)8(10,11)12;/h1-4H;/q-1;+1. The molecule has 70 valence electrons. The third kappa shape index (κ3) is 4.16. The molecule has 0 radical (unpaired) electrons. The average Bonchev–Trinajstić information content (AvgIpc) is 2.03. The molecule has 0 fully saturated rings. The molecule has 0 unspecified atom stereocenters. The summed E-state index contributed by atoms with van der Waals surface area (Å²) in [6.07, 6.45) is 0. The van der Waals surface area contributed by atoms with E-state index in [-0.39, 0.29) is 56.9 Å². The number of carbonyl (C=O) groups is 1. The fraction of sp³-hybridized carbons (Fsp3) is 0. The van der Waals surface area contributed by atoms with E-state index in [9.17, 15) is 17.7 Å². The normalized spacial score (nSPS) is 10.6. The molecule has 0 spiro atoms. The minimum atomic E-state index is -5.42. The van der Waals surface area contributed by atoms with Crippen molar-refractivity contribution in [2.75, 3.05) is 0 Å². The molecule has 14 heavy (non-hydrogen) atoms. The number of rotatable bonds is 2. The summed E-state index contributed by atoms with van der Waals surface area (Å²) in [5, 5.41) is 0. The molecule has 0 atom stereocenters. The van der Waals surface area contributed by atoms with Crippen LogP contribution in [-0.2, 0) is 0 Å². The molecule has 1 aromatic rings. The number of halogens is 4. The van der Waals surface area contributed by atoms with E-state index in [0.29, 0.717) is 4.47 Å². The van der Waals surface area contributed by atoms with Crippen LogP contribution in [0.5, 0.6) is 0 Å². The van der Waals surface area contributed by atoms with Crippen LogP contribution in [-0.4, -0.2) is 12.7 Å². The Kier molecular flexibility index (Phi) is 6.17. The van der Waals surface area contributed by atoms with Gasteiger partial charge in [-0.15, -0.1) is 0 Å². The van der Waals surface area contributed by atoms with E-state index in [1.807, 2.05) is 0 Å². The van der Waals surface area contributed by atoms with Crippen molar-refractivity contribution in [3.8, 4) is 0 Å². The molecule has 0 N–H and O–H groups in total. The zero-order valence-corrected chi connectivity index (χ0v) is 12.0. The van der Waals surface area contributed by atoms with Gasteiger partial charge in [0.2, 0.25) is 0 Å². The zero-order chi connectivity index (χ0) is 10.1. The SMILES string of the molecule is O=C(c1ccc(Br)cc1)[B-](F)(F)F.[K+]. The van der Waals surface area contributed by atoms with Crippen molar-refractivity contribution in [3.63, 3.8) is 0 Å². The summed E-state index contributed by atoms with van der Waals surface area (Å²) in [4.78, 5) is 10.7. The van der Waals surface area contributed by atoms with Crippen molar-refractivity contribution >= 4 is 28.6 Å². The van der Waals surface area contributed by atoms with Crippen LogP contribution in [0.25, 0.3) is 0 Å². The van der Waals surface area contributed by atoms with Crippen molar-refractivity contribution in [2.45, 2.75) is 0 Å². The minimum Gasteiger partial charge on any atom is -0.443 e. The Hall–Kier alpha value is 0.861. The van der Waals surface area contributed by atoms with Crippen LogP contribution in [0.4, 0.5) is 12.9 Å². The van der Waals surface area contributed by atoms with E-state index in [0.717, 1.165) is 12.1 Å². The molecule has 0 saturated heterocycles. The van der Waals surface area contributed by atoms with E-state index in [1.165, 1.54) is 12.1 Å². The molecule has 1 nitrogen and oxygen atoms in total. The Labute approximate surface area is 130 Å². The number of hydrogen-bond donors (Lipinski definition) is 0. The van der Waals surface area contributed by atoms with Gasteiger partial charge >= 0.3 is 58.4 Å². The van der Waals surface area contributed by atoms with Crippen LogP contribution in [0.1, 0.15) is 10.4 Å². The molecule has 0 saturated carbocycles. The van der Waals surface area contributed by atoms with Gasteiger partial charge in [0.05, 0.1) is 0 Å². The molecular weight excluding hydrogens is 287 g/mol. The van der Waals surface area contributed by atoms with Gasteiger partial charge in [-0.3, -0.25) is 0 Å². The minimum absolute atomic E-state index is 0. The summed E-state index contributed by atoms with van der Waals surface area (Å²) in [5.41, 5.74) is -2.08. The van der Waals surface area contributed by atoms with Gasteiger partial charge in [-0.2, -0.15) is 0 Å². The monoisotopic (exact) mass is 290 g/mol. The summed E-state index contributed by atoms with van der Waals surface area (Å²) in [6.45, 7) is -5.42. The molecular formula is C7H4BBrF3KO. The van der Waals surface area contributed by atoms with E-state index < -0.39 is 12.7 Å². The molecule has 0 heterocycles. The number of carbonyl (C=O) groups excluding carboxylic acids is 1. The van der Waals surface area contributed by atoms with Crippen LogP contribution in [0, 0.1) is 0 Å². The largest absolute Gasteiger partial charge is 1.00 e. The second kappa shape index (κ2) is 5.81. The smallest absolute Gasteiger partial charge is 0.443 e. The molecule has 0 aliphatic heterocycles. The molecule has 7 heteroatoms. The van der Waals surface area contributed by atoms with Crippen LogP contribution >= 0.6 is 15.9 Å². The Morgan fingerprint density at radius 1 is 1.14 bits per heavy atom. The van der Waals surface area contributed by atoms with Gasteiger partial charge in [-0.1, -0.05) is 28.1 Å². The van der Waals surface area contributed by atoms with Gasteiger partial charge < -0.3 is 17.7 Å². The third-order valence-electron chi connectivity index (χ3n) is 1.43. The van der Waals surface area contributed by atoms with Crippen molar-refractivity contribution in [1.29, 1.82) is 0 Å². The van der Waals surface area contributed by atoms with Gasteiger partial charge in [0.15, 0.2) is 0 Å². The zero-order valence-electron chi connectivity index (χ0n) is 7.31. The van der Waals surface area contributed by atoms with E-state index in [2.05, 4.69) is 15.9 Å². The Bertz CT molecular complexity index is 325. The predicted octanol–water partition coefficient (Wildman–Crippen LogP) is 0.0224. The Morgan fingerprint density at radius 2 is 1.57 bits per heavy atom. The molecule has 0 aromatic heterocycles. The van der Waals surface area contributed by atoms with Crippen LogP contribution in [0.3, 0.4) is 0 Å². The molecule has 1 rings (SSSR count). The fourth-order valence-electron chi connectivity index (χ4n) is 0.803. The summed E-state index contributed by atoms with van der Waals surface area (Å²) in [5.74, 6) is 0. The molecule has 0 bridgehead atoms. The van der Waals surface area contributed by atoms with Gasteiger partial charge in [-0.05, 0) is 17.7 Å². The van der Waals surface area contributed by atoms with Crippen molar-refractivity contribution in [1.82, 2.24) is 0 Å². The molecule has 0 amide bonds. The van der Waals surface area contributed by atoms with Crippen LogP contribution in [0.15, 0.2) is 28.7 Å². The summed E-state index contributed by atoms with van der Waals surface area (Å²) < 4.78 is 36.4. The maximum atomic E-state index is 11.9. The van der Waals surface area contributed by atoms with Gasteiger partial charge in [-0.25, -0.2) is 0 Å². The summed E-state index contributed by atoms with van der Waals surface area (Å²) in [6, 6.07) is 5.08. The summed E-state index contributed by atoms with van der Waals surface area (Å²) in [7, 11) is 0. The molecule has 0 aliphatic rings. The topological polar surface area (TPSA) is 17.1 Å². The third-order valence-corrected chi connectivity index (χ3v) is 1.95. The number of hydrogen-bond acceptors (Lipinski definition) is 1. The fourth-order valence-corrected chi connectivity index (χ4v) is 1.07. The van der Waals surface area contributed by atoms with Gasteiger partial charge in [0, 0.05) is 4.47 Å². The van der Waals surface area contributed by atoms with Crippen molar-refractivity contribution in [3.05, 3.63) is 34.3 Å². The first kappa shape index (κ1) is 14.9. The number of benzene rings is 1. The maximum absolute atomic E-state index is 11.9. The first-order valence-electron chi connectivity index (χ1n) is 3.41. The summed E-state index contributed by atoms with van der Waals surface area (Å²) >= 11 is 3.06. The van der Waals surface area contributed by atoms with E-state index in [4.69, 9.17) is 0 Å².